The second-order valence-electron chi connectivity index (χ2n) is 6.20. The summed E-state index contributed by atoms with van der Waals surface area (Å²) in [5.74, 6) is 1.03. The fourth-order valence-electron chi connectivity index (χ4n) is 2.46. The summed E-state index contributed by atoms with van der Waals surface area (Å²) >= 11 is 9.39. The van der Waals surface area contributed by atoms with Gasteiger partial charge in [-0.3, -0.25) is 4.79 Å². The minimum absolute atomic E-state index is 0.114. The van der Waals surface area contributed by atoms with Gasteiger partial charge in [0, 0.05) is 10.2 Å². The van der Waals surface area contributed by atoms with Gasteiger partial charge in [0.2, 0.25) is 0 Å². The molecule has 2 aromatic carbocycles. The number of unbranched alkanes of at least 4 members (excludes halogenated alkanes) is 4. The van der Waals surface area contributed by atoms with Gasteiger partial charge in [0.15, 0.2) is 6.61 Å². The van der Waals surface area contributed by atoms with Crippen molar-refractivity contribution in [2.75, 3.05) is 18.5 Å². The Balaban J connectivity index is 1.71. The predicted octanol–water partition coefficient (Wildman–Crippen LogP) is 6.47. The topological polar surface area (TPSA) is 47.6 Å². The maximum atomic E-state index is 12.0. The molecule has 4 nitrogen and oxygen atoms in total. The highest BCUT2D eigenvalue weighted by Gasteiger charge is 2.07. The molecular formula is C21H25BrClNO3. The molecule has 0 atom stereocenters. The van der Waals surface area contributed by atoms with Gasteiger partial charge in [0.25, 0.3) is 5.91 Å². The van der Waals surface area contributed by atoms with Gasteiger partial charge in [-0.05, 0) is 48.9 Å². The molecule has 0 radical (unpaired) electrons. The lowest BCUT2D eigenvalue weighted by Gasteiger charge is -2.10. The predicted molar refractivity (Wildman–Crippen MR) is 114 cm³/mol. The molecule has 0 spiro atoms. The molecule has 2 rings (SSSR count). The van der Waals surface area contributed by atoms with Crippen molar-refractivity contribution in [3.05, 3.63) is 52.0 Å². The first-order valence-electron chi connectivity index (χ1n) is 9.19. The third kappa shape index (κ3) is 8.22. The quantitative estimate of drug-likeness (QED) is 0.396. The van der Waals surface area contributed by atoms with E-state index in [2.05, 4.69) is 28.2 Å². The first-order chi connectivity index (χ1) is 13.1. The van der Waals surface area contributed by atoms with E-state index >= 15 is 0 Å². The number of benzene rings is 2. The number of ether oxygens (including phenoxy) is 2. The standard InChI is InChI=1S/C21H25BrClNO3/c1-2-3-4-5-6-13-26-18-10-8-17(9-11-18)24-21(25)15-27-20-12-7-16(22)14-19(20)23/h7-12,14H,2-6,13,15H2,1H3,(H,24,25). The second-order valence-corrected chi connectivity index (χ2v) is 7.52. The second kappa shape index (κ2) is 11.9. The summed E-state index contributed by atoms with van der Waals surface area (Å²) in [6, 6.07) is 12.6. The Morgan fingerprint density at radius 1 is 1.04 bits per heavy atom. The van der Waals surface area contributed by atoms with Gasteiger partial charge in [-0.15, -0.1) is 0 Å². The van der Waals surface area contributed by atoms with Crippen molar-refractivity contribution in [3.8, 4) is 11.5 Å². The molecule has 6 heteroatoms. The molecule has 0 bridgehead atoms. The fourth-order valence-corrected chi connectivity index (χ4v) is 3.19. The van der Waals surface area contributed by atoms with Crippen LogP contribution in [0.3, 0.4) is 0 Å². The Bertz CT molecular complexity index is 722. The van der Waals surface area contributed by atoms with Crippen molar-refractivity contribution >= 4 is 39.1 Å². The highest BCUT2D eigenvalue weighted by molar-refractivity contribution is 9.10. The smallest absolute Gasteiger partial charge is 0.262 e. The SMILES string of the molecule is CCCCCCCOc1ccc(NC(=O)COc2ccc(Br)cc2Cl)cc1. The van der Waals surface area contributed by atoms with Crippen LogP contribution in [0.25, 0.3) is 0 Å². The Kier molecular flexibility index (Phi) is 9.50. The summed E-state index contributed by atoms with van der Waals surface area (Å²) in [5, 5.41) is 3.24. The van der Waals surface area contributed by atoms with Crippen LogP contribution in [0.4, 0.5) is 5.69 Å². The number of hydrogen-bond donors (Lipinski definition) is 1. The molecule has 27 heavy (non-hydrogen) atoms. The van der Waals surface area contributed by atoms with Crippen LogP contribution in [0.15, 0.2) is 46.9 Å². The normalized spacial score (nSPS) is 10.5. The summed E-state index contributed by atoms with van der Waals surface area (Å²) in [7, 11) is 0. The lowest BCUT2D eigenvalue weighted by atomic mass is 10.2. The van der Waals surface area contributed by atoms with Crippen LogP contribution in [0, 0.1) is 0 Å². The zero-order valence-corrected chi connectivity index (χ0v) is 17.8. The number of carbonyl (C=O) groups excluding carboxylic acids is 1. The van der Waals surface area contributed by atoms with E-state index in [1.54, 1.807) is 12.1 Å². The molecule has 0 unspecified atom stereocenters. The highest BCUT2D eigenvalue weighted by atomic mass is 79.9. The van der Waals surface area contributed by atoms with Gasteiger partial charge >= 0.3 is 0 Å². The van der Waals surface area contributed by atoms with E-state index in [0.717, 1.165) is 23.2 Å². The van der Waals surface area contributed by atoms with Crippen molar-refractivity contribution in [1.82, 2.24) is 0 Å². The maximum absolute atomic E-state index is 12.0. The van der Waals surface area contributed by atoms with Gasteiger partial charge in [-0.1, -0.05) is 60.1 Å². The molecule has 0 aliphatic rings. The Hall–Kier alpha value is -1.72. The third-order valence-corrected chi connectivity index (χ3v) is 4.70. The minimum atomic E-state index is -0.251. The zero-order chi connectivity index (χ0) is 19.5. The molecule has 1 amide bonds. The summed E-state index contributed by atoms with van der Waals surface area (Å²) < 4.78 is 12.0. The number of nitrogens with one attached hydrogen (secondary N) is 1. The van der Waals surface area contributed by atoms with Gasteiger partial charge < -0.3 is 14.8 Å². The fraction of sp³-hybridized carbons (Fsp3) is 0.381. The summed E-state index contributed by atoms with van der Waals surface area (Å²) in [5.41, 5.74) is 0.695. The molecule has 0 saturated carbocycles. The molecule has 0 aromatic heterocycles. The van der Waals surface area contributed by atoms with E-state index in [1.807, 2.05) is 30.3 Å². The van der Waals surface area contributed by atoms with Crippen LogP contribution in [0.5, 0.6) is 11.5 Å². The minimum Gasteiger partial charge on any atom is -0.494 e. The van der Waals surface area contributed by atoms with E-state index in [4.69, 9.17) is 21.1 Å². The molecule has 0 heterocycles. The average molecular weight is 455 g/mol. The monoisotopic (exact) mass is 453 g/mol. The number of rotatable bonds is 11. The van der Waals surface area contributed by atoms with Crippen LogP contribution in [0.2, 0.25) is 5.02 Å². The lowest BCUT2D eigenvalue weighted by molar-refractivity contribution is -0.118. The van der Waals surface area contributed by atoms with Crippen LogP contribution in [0.1, 0.15) is 39.0 Å². The molecular weight excluding hydrogens is 430 g/mol. The summed E-state index contributed by atoms with van der Waals surface area (Å²) in [4.78, 5) is 12.0. The molecule has 2 aromatic rings. The summed E-state index contributed by atoms with van der Waals surface area (Å²) in [6.45, 7) is 2.81. The number of carbonyl (C=O) groups is 1. The van der Waals surface area contributed by atoms with Crippen LogP contribution in [-0.4, -0.2) is 19.1 Å². The number of amides is 1. The van der Waals surface area contributed by atoms with E-state index in [1.165, 1.54) is 25.7 Å². The number of halogens is 2. The molecule has 146 valence electrons. The van der Waals surface area contributed by atoms with Gasteiger partial charge in [0.1, 0.15) is 11.5 Å². The zero-order valence-electron chi connectivity index (χ0n) is 15.5. The Labute approximate surface area is 174 Å². The van der Waals surface area contributed by atoms with Crippen molar-refractivity contribution in [3.63, 3.8) is 0 Å². The van der Waals surface area contributed by atoms with Crippen molar-refractivity contribution in [1.29, 1.82) is 0 Å². The van der Waals surface area contributed by atoms with Gasteiger partial charge in [0.05, 0.1) is 11.6 Å². The molecule has 0 aliphatic carbocycles. The maximum Gasteiger partial charge on any atom is 0.262 e. The van der Waals surface area contributed by atoms with Gasteiger partial charge in [-0.2, -0.15) is 0 Å². The molecule has 0 fully saturated rings. The van der Waals surface area contributed by atoms with Gasteiger partial charge in [-0.25, -0.2) is 0 Å². The summed E-state index contributed by atoms with van der Waals surface area (Å²) in [6.07, 6.45) is 6.05. The average Bonchev–Trinajstić information content (AvgIpc) is 2.65. The first kappa shape index (κ1) is 21.6. The number of hydrogen-bond acceptors (Lipinski definition) is 3. The molecule has 0 saturated heterocycles. The Morgan fingerprint density at radius 3 is 2.48 bits per heavy atom. The van der Waals surface area contributed by atoms with Crippen molar-refractivity contribution in [2.45, 2.75) is 39.0 Å². The van der Waals surface area contributed by atoms with E-state index in [-0.39, 0.29) is 12.5 Å². The van der Waals surface area contributed by atoms with Crippen LogP contribution in [-0.2, 0) is 4.79 Å². The largest absolute Gasteiger partial charge is 0.494 e. The highest BCUT2D eigenvalue weighted by Crippen LogP contribution is 2.27. The van der Waals surface area contributed by atoms with E-state index in [9.17, 15) is 4.79 Å². The first-order valence-corrected chi connectivity index (χ1v) is 10.4. The molecule has 1 N–H and O–H groups in total. The van der Waals surface area contributed by atoms with Crippen molar-refractivity contribution in [2.24, 2.45) is 0 Å². The van der Waals surface area contributed by atoms with Crippen molar-refractivity contribution < 1.29 is 14.3 Å². The lowest BCUT2D eigenvalue weighted by Crippen LogP contribution is -2.20. The third-order valence-electron chi connectivity index (χ3n) is 3.91. The van der Waals surface area contributed by atoms with Crippen LogP contribution >= 0.6 is 27.5 Å². The van der Waals surface area contributed by atoms with Crippen LogP contribution < -0.4 is 14.8 Å². The molecule has 0 aliphatic heterocycles. The van der Waals surface area contributed by atoms with E-state index in [0.29, 0.717) is 16.5 Å². The van der Waals surface area contributed by atoms with E-state index < -0.39 is 0 Å². The Morgan fingerprint density at radius 2 is 1.78 bits per heavy atom. The number of anilines is 1.